The fourth-order valence-corrected chi connectivity index (χ4v) is 3.11. The Morgan fingerprint density at radius 2 is 1.68 bits per heavy atom. The molecule has 0 spiro atoms. The van der Waals surface area contributed by atoms with E-state index < -0.39 is 27.7 Å². The summed E-state index contributed by atoms with van der Waals surface area (Å²) in [5.74, 6) is -0.578. The summed E-state index contributed by atoms with van der Waals surface area (Å²) in [5.41, 5.74) is 4.90. The van der Waals surface area contributed by atoms with E-state index in [1.807, 2.05) is 0 Å². The molecule has 0 aliphatic carbocycles. The molecular weight excluding hydrogens is 400 g/mol. The van der Waals surface area contributed by atoms with Crippen LogP contribution in [-0.2, 0) is 22.7 Å². The third-order valence-corrected chi connectivity index (χ3v) is 4.90. The molecule has 0 saturated carbocycles. The van der Waals surface area contributed by atoms with E-state index in [1.54, 1.807) is 0 Å². The van der Waals surface area contributed by atoms with Crippen molar-refractivity contribution in [1.82, 2.24) is 9.78 Å². The summed E-state index contributed by atoms with van der Waals surface area (Å²) >= 11 is 0. The van der Waals surface area contributed by atoms with Crippen molar-refractivity contribution < 1.29 is 26.0 Å². The predicted molar refractivity (Wildman–Crippen MR) is 93.2 cm³/mol. The number of benzene rings is 2. The van der Waals surface area contributed by atoms with Gasteiger partial charge < -0.3 is 5.73 Å². The minimum absolute atomic E-state index is 0.0328. The van der Waals surface area contributed by atoms with Gasteiger partial charge in [0, 0.05) is 17.7 Å². The highest BCUT2D eigenvalue weighted by molar-refractivity contribution is 7.89. The number of halogens is 4. The summed E-state index contributed by atoms with van der Waals surface area (Å²) in [4.78, 5) is -0.201. The van der Waals surface area contributed by atoms with Crippen molar-refractivity contribution >= 4 is 10.0 Å². The predicted octanol–water partition coefficient (Wildman–Crippen LogP) is 2.80. The number of rotatable bonds is 4. The van der Waals surface area contributed by atoms with E-state index in [-0.39, 0.29) is 33.9 Å². The maximum atomic E-state index is 13.7. The molecule has 0 saturated heterocycles. The van der Waals surface area contributed by atoms with Gasteiger partial charge in [0.15, 0.2) is 5.69 Å². The van der Waals surface area contributed by atoms with E-state index in [2.05, 4.69) is 5.10 Å². The maximum absolute atomic E-state index is 13.7. The van der Waals surface area contributed by atoms with Crippen LogP contribution in [-0.4, -0.2) is 18.2 Å². The molecule has 0 aliphatic heterocycles. The zero-order valence-corrected chi connectivity index (χ0v) is 14.9. The van der Waals surface area contributed by atoms with Gasteiger partial charge in [0.25, 0.3) is 0 Å². The Morgan fingerprint density at radius 3 is 2.21 bits per heavy atom. The van der Waals surface area contributed by atoms with Gasteiger partial charge in [0.1, 0.15) is 5.82 Å². The van der Waals surface area contributed by atoms with Crippen molar-refractivity contribution in [3.63, 3.8) is 0 Å². The Bertz CT molecular complexity index is 1120. The molecule has 1 aromatic heterocycles. The van der Waals surface area contributed by atoms with E-state index in [0.29, 0.717) is 0 Å². The zero-order valence-electron chi connectivity index (χ0n) is 14.1. The molecule has 0 bridgehead atoms. The number of nitrogens with two attached hydrogens (primary N) is 2. The number of sulfonamides is 1. The highest BCUT2D eigenvalue weighted by Crippen LogP contribution is 2.33. The van der Waals surface area contributed by atoms with Crippen LogP contribution in [0.3, 0.4) is 0 Å². The Kier molecular flexibility index (Phi) is 5.00. The first-order valence-corrected chi connectivity index (χ1v) is 9.34. The SMILES string of the molecule is NCc1cc(-c2cc(C(F)(F)F)nn2-c2ccc(S(N)(=O)=O)cc2)ccc1F. The third-order valence-electron chi connectivity index (χ3n) is 3.97. The van der Waals surface area contributed by atoms with Gasteiger partial charge in [-0.05, 0) is 48.5 Å². The van der Waals surface area contributed by atoms with E-state index >= 15 is 0 Å². The molecule has 0 atom stereocenters. The zero-order chi connectivity index (χ0) is 20.7. The second-order valence-electron chi connectivity index (χ2n) is 5.87. The molecule has 2 aromatic carbocycles. The van der Waals surface area contributed by atoms with E-state index in [1.165, 1.54) is 24.3 Å². The van der Waals surface area contributed by atoms with Crippen LogP contribution < -0.4 is 10.9 Å². The molecule has 3 rings (SSSR count). The van der Waals surface area contributed by atoms with Crippen molar-refractivity contribution in [2.24, 2.45) is 10.9 Å². The summed E-state index contributed by atoms with van der Waals surface area (Å²) in [7, 11) is -3.96. The average molecular weight is 414 g/mol. The van der Waals surface area contributed by atoms with Crippen LogP contribution in [0.1, 0.15) is 11.3 Å². The minimum atomic E-state index is -4.71. The van der Waals surface area contributed by atoms with Crippen molar-refractivity contribution in [2.75, 3.05) is 0 Å². The topological polar surface area (TPSA) is 104 Å². The molecule has 4 N–H and O–H groups in total. The largest absolute Gasteiger partial charge is 0.435 e. The first-order chi connectivity index (χ1) is 13.0. The van der Waals surface area contributed by atoms with Gasteiger partial charge in [-0.1, -0.05) is 0 Å². The van der Waals surface area contributed by atoms with Gasteiger partial charge in [-0.15, -0.1) is 0 Å². The van der Waals surface area contributed by atoms with Gasteiger partial charge in [-0.25, -0.2) is 22.6 Å². The van der Waals surface area contributed by atoms with Crippen LogP contribution in [0, 0.1) is 5.82 Å². The van der Waals surface area contributed by atoms with Crippen LogP contribution in [0.5, 0.6) is 0 Å². The Labute approximate surface area is 157 Å². The third kappa shape index (κ3) is 3.91. The van der Waals surface area contributed by atoms with E-state index in [0.717, 1.165) is 28.9 Å². The molecule has 148 valence electrons. The van der Waals surface area contributed by atoms with Gasteiger partial charge in [0.05, 0.1) is 16.3 Å². The number of nitrogens with zero attached hydrogens (tertiary/aromatic N) is 2. The molecule has 3 aromatic rings. The fraction of sp³-hybridized carbons (Fsp3) is 0.118. The first-order valence-electron chi connectivity index (χ1n) is 7.80. The fourth-order valence-electron chi connectivity index (χ4n) is 2.59. The number of aromatic nitrogens is 2. The second-order valence-corrected chi connectivity index (χ2v) is 7.44. The average Bonchev–Trinajstić information content (AvgIpc) is 3.07. The maximum Gasteiger partial charge on any atom is 0.435 e. The number of hydrogen-bond acceptors (Lipinski definition) is 4. The van der Waals surface area contributed by atoms with Gasteiger partial charge >= 0.3 is 6.18 Å². The van der Waals surface area contributed by atoms with Crippen molar-refractivity contribution in [1.29, 1.82) is 0 Å². The van der Waals surface area contributed by atoms with Gasteiger partial charge in [0.2, 0.25) is 10.0 Å². The smallest absolute Gasteiger partial charge is 0.326 e. The molecule has 0 amide bonds. The molecule has 0 unspecified atom stereocenters. The van der Waals surface area contributed by atoms with Crippen LogP contribution in [0.4, 0.5) is 17.6 Å². The molecule has 0 aliphatic rings. The van der Waals surface area contributed by atoms with Crippen molar-refractivity contribution in [3.05, 3.63) is 65.6 Å². The van der Waals surface area contributed by atoms with Crippen LogP contribution in [0.2, 0.25) is 0 Å². The monoisotopic (exact) mass is 414 g/mol. The molecule has 0 radical (unpaired) electrons. The summed E-state index contributed by atoms with van der Waals surface area (Å²) in [6.07, 6.45) is -4.71. The highest BCUT2D eigenvalue weighted by atomic mass is 32.2. The molecule has 1 heterocycles. The standard InChI is InChI=1S/C17H14F4N4O2S/c18-14-6-1-10(7-11(14)9-22)15-8-16(17(19,20)21)24-25(15)12-2-4-13(5-3-12)28(23,26)27/h1-8H,9,22H2,(H2,23,26,27). The molecular formula is C17H14F4N4O2S. The lowest BCUT2D eigenvalue weighted by molar-refractivity contribution is -0.141. The quantitative estimate of drug-likeness (QED) is 0.641. The first kappa shape index (κ1) is 20.0. The van der Waals surface area contributed by atoms with Crippen LogP contribution in [0.25, 0.3) is 16.9 Å². The number of alkyl halides is 3. The second kappa shape index (κ2) is 7.00. The lowest BCUT2D eigenvalue weighted by atomic mass is 10.1. The summed E-state index contributed by atoms with van der Waals surface area (Å²) in [6.45, 7) is -0.136. The summed E-state index contributed by atoms with van der Waals surface area (Å²) in [6, 6.07) is 9.40. The van der Waals surface area contributed by atoms with Crippen molar-refractivity contribution in [3.8, 4) is 16.9 Å². The Hall–Kier alpha value is -2.76. The summed E-state index contributed by atoms with van der Waals surface area (Å²) in [5, 5.41) is 8.61. The highest BCUT2D eigenvalue weighted by Gasteiger charge is 2.35. The molecule has 28 heavy (non-hydrogen) atoms. The molecule has 6 nitrogen and oxygen atoms in total. The van der Waals surface area contributed by atoms with Gasteiger partial charge in [-0.3, -0.25) is 0 Å². The van der Waals surface area contributed by atoms with E-state index in [4.69, 9.17) is 10.9 Å². The Morgan fingerprint density at radius 1 is 1.04 bits per heavy atom. The lowest BCUT2D eigenvalue weighted by Crippen LogP contribution is -2.12. The minimum Gasteiger partial charge on any atom is -0.326 e. The van der Waals surface area contributed by atoms with Gasteiger partial charge in [-0.2, -0.15) is 18.3 Å². The van der Waals surface area contributed by atoms with Crippen LogP contribution in [0.15, 0.2) is 53.4 Å². The van der Waals surface area contributed by atoms with Crippen molar-refractivity contribution in [2.45, 2.75) is 17.6 Å². The lowest BCUT2D eigenvalue weighted by Gasteiger charge is -2.10. The van der Waals surface area contributed by atoms with Crippen LogP contribution >= 0.6 is 0 Å². The molecule has 0 fully saturated rings. The van der Waals surface area contributed by atoms with E-state index in [9.17, 15) is 26.0 Å². The molecule has 11 heteroatoms. The number of hydrogen-bond donors (Lipinski definition) is 2. The Balaban J connectivity index is 2.19. The summed E-state index contributed by atoms with van der Waals surface area (Å²) < 4.78 is 77.0. The number of primary sulfonamides is 1. The normalized spacial score (nSPS) is 12.4.